The predicted octanol–water partition coefficient (Wildman–Crippen LogP) is 8.23. The molecule has 0 spiro atoms. The van der Waals surface area contributed by atoms with Gasteiger partial charge in [-0.15, -0.1) is 0 Å². The summed E-state index contributed by atoms with van der Waals surface area (Å²) in [5.74, 6) is -3.52. The average Bonchev–Trinajstić information content (AvgIpc) is 3.07. The maximum absolute atomic E-state index is 13.3. The number of alkyl halides is 10. The molecule has 0 bridgehead atoms. The number of halogens is 12. The van der Waals surface area contributed by atoms with Crippen molar-refractivity contribution < 1.29 is 72.9 Å². The number of ketones is 1. The Morgan fingerprint density at radius 2 is 1.13 bits per heavy atom. The van der Waals surface area contributed by atoms with E-state index >= 15 is 0 Å². The Hall–Kier alpha value is -4.69. The molecule has 0 saturated heterocycles. The summed E-state index contributed by atoms with van der Waals surface area (Å²) in [5.41, 5.74) is -5.02. The Balaban J connectivity index is 0.000000290. The Morgan fingerprint density at radius 3 is 1.48 bits per heavy atom. The number of Topliss-reactive ketones (excluding diaryl/α,β-unsaturated/α-hetero) is 1. The van der Waals surface area contributed by atoms with Crippen molar-refractivity contribution in [2.75, 3.05) is 13.1 Å². The fourth-order valence-corrected chi connectivity index (χ4v) is 4.86. The number of benzene rings is 2. The predicted molar refractivity (Wildman–Crippen MR) is 173 cm³/mol. The third kappa shape index (κ3) is 11.7. The standard InChI is InChI=1S/C16H14ClF5N2O3.C16H12ClF5N2O3/c2*1-2-7(25)6-23-14(26)12-5-11(17)9-3-8(27-15(18)19)4-10(13(9)24-12)16(20,21)22/h3-5,7,15,25H,2,6H2,1H3,(H,23,26);3-5,15H,2,6H2,1H3,(H,23,26). The highest BCUT2D eigenvalue weighted by molar-refractivity contribution is 6.36. The normalized spacial score (nSPS) is 12.4. The molecule has 1 unspecified atom stereocenters. The number of carbonyl (C=O) groups excluding carboxylic acids is 3. The van der Waals surface area contributed by atoms with E-state index in [9.17, 15) is 63.4 Å². The number of aliphatic hydroxyl groups excluding tert-OH is 1. The summed E-state index contributed by atoms with van der Waals surface area (Å²) in [6.45, 7) is -3.85. The van der Waals surface area contributed by atoms with E-state index in [1.54, 1.807) is 13.8 Å². The molecule has 0 radical (unpaired) electrons. The third-order valence-electron chi connectivity index (χ3n) is 7.01. The minimum Gasteiger partial charge on any atom is -0.435 e. The van der Waals surface area contributed by atoms with Crippen molar-refractivity contribution in [3.05, 3.63) is 69.0 Å². The molecule has 0 aliphatic heterocycles. The van der Waals surface area contributed by atoms with Crippen LogP contribution in [0.3, 0.4) is 0 Å². The molecule has 4 rings (SSSR count). The second-order valence-corrected chi connectivity index (χ2v) is 11.6. The number of carbonyl (C=O) groups is 3. The van der Waals surface area contributed by atoms with E-state index in [-0.39, 0.29) is 46.1 Å². The van der Waals surface area contributed by atoms with E-state index in [4.69, 9.17) is 23.2 Å². The molecular weight excluding hydrogens is 797 g/mol. The molecule has 2 aromatic heterocycles. The number of aromatic nitrogens is 2. The maximum Gasteiger partial charge on any atom is 0.418 e. The molecule has 0 aliphatic rings. The summed E-state index contributed by atoms with van der Waals surface area (Å²) >= 11 is 11.9. The molecule has 2 heterocycles. The Kier molecular flexibility index (Phi) is 14.6. The van der Waals surface area contributed by atoms with Gasteiger partial charge in [0.2, 0.25) is 0 Å². The van der Waals surface area contributed by atoms with E-state index < -0.39 is 88.5 Å². The first kappa shape index (κ1) is 43.7. The minimum absolute atomic E-state index is 0.125. The lowest BCUT2D eigenvalue weighted by atomic mass is 10.1. The smallest absolute Gasteiger partial charge is 0.418 e. The van der Waals surface area contributed by atoms with Gasteiger partial charge in [-0.1, -0.05) is 37.0 Å². The summed E-state index contributed by atoms with van der Waals surface area (Å²) < 4.78 is 138. The van der Waals surface area contributed by atoms with Crippen molar-refractivity contribution in [1.29, 1.82) is 0 Å². The first-order valence-electron chi connectivity index (χ1n) is 15.1. The zero-order valence-corrected chi connectivity index (χ0v) is 29.0. The Morgan fingerprint density at radius 1 is 0.722 bits per heavy atom. The van der Waals surface area contributed by atoms with Crippen LogP contribution in [-0.4, -0.2) is 65.1 Å². The summed E-state index contributed by atoms with van der Waals surface area (Å²) in [7, 11) is 0. The zero-order valence-electron chi connectivity index (χ0n) is 27.4. The van der Waals surface area contributed by atoms with Crippen molar-refractivity contribution in [3.8, 4) is 11.5 Å². The number of nitrogens with zero attached hydrogens (tertiary/aromatic N) is 2. The van der Waals surface area contributed by atoms with Gasteiger partial charge in [0, 0.05) is 23.7 Å². The van der Waals surface area contributed by atoms with Crippen molar-refractivity contribution >= 4 is 62.6 Å². The molecule has 10 nitrogen and oxygen atoms in total. The minimum atomic E-state index is -4.97. The quantitative estimate of drug-likeness (QED) is 0.122. The van der Waals surface area contributed by atoms with Gasteiger partial charge < -0.3 is 25.2 Å². The Labute approximate surface area is 307 Å². The van der Waals surface area contributed by atoms with Crippen molar-refractivity contribution in [1.82, 2.24) is 20.6 Å². The molecule has 3 N–H and O–H groups in total. The van der Waals surface area contributed by atoms with Gasteiger partial charge in [0.1, 0.15) is 22.9 Å². The molecule has 294 valence electrons. The second-order valence-electron chi connectivity index (χ2n) is 10.8. The number of amides is 2. The molecule has 0 aliphatic carbocycles. The van der Waals surface area contributed by atoms with E-state index in [1.165, 1.54) is 0 Å². The SMILES string of the molecule is CCC(=O)CNC(=O)c1cc(Cl)c2cc(OC(F)F)cc(C(F)(F)F)c2n1.CCC(O)CNC(=O)c1cc(Cl)c2cc(OC(F)F)cc(C(F)(F)F)c2n1. The molecule has 1 atom stereocenters. The summed E-state index contributed by atoms with van der Waals surface area (Å²) in [6, 6.07) is 4.44. The number of pyridine rings is 2. The highest BCUT2D eigenvalue weighted by atomic mass is 35.5. The van der Waals surface area contributed by atoms with Crippen LogP contribution < -0.4 is 20.1 Å². The number of aliphatic hydroxyl groups is 1. The lowest BCUT2D eigenvalue weighted by Gasteiger charge is -2.15. The number of rotatable bonds is 12. The molecule has 54 heavy (non-hydrogen) atoms. The topological polar surface area (TPSA) is 140 Å². The average molecular weight is 823 g/mol. The molecular formula is C32H26Cl2F10N4O6. The van der Waals surface area contributed by atoms with Crippen LogP contribution in [-0.2, 0) is 17.1 Å². The van der Waals surface area contributed by atoms with Gasteiger partial charge in [-0.2, -0.15) is 43.9 Å². The molecule has 0 saturated carbocycles. The number of nitrogens with one attached hydrogen (secondary N) is 2. The third-order valence-corrected chi connectivity index (χ3v) is 7.63. The molecule has 2 aromatic carbocycles. The highest BCUT2D eigenvalue weighted by Gasteiger charge is 2.36. The molecule has 4 aromatic rings. The highest BCUT2D eigenvalue weighted by Crippen LogP contribution is 2.41. The maximum atomic E-state index is 13.3. The fraction of sp³-hybridized carbons (Fsp3) is 0.344. The monoisotopic (exact) mass is 822 g/mol. The van der Waals surface area contributed by atoms with Crippen LogP contribution >= 0.6 is 23.2 Å². The van der Waals surface area contributed by atoms with Crippen LogP contribution in [0.1, 0.15) is 58.8 Å². The van der Waals surface area contributed by atoms with Crippen LogP contribution in [0.15, 0.2) is 36.4 Å². The summed E-state index contributed by atoms with van der Waals surface area (Å²) in [4.78, 5) is 42.7. The first-order chi connectivity index (χ1) is 25.0. The van der Waals surface area contributed by atoms with Crippen molar-refractivity contribution in [2.45, 2.75) is 58.4 Å². The summed E-state index contributed by atoms with van der Waals surface area (Å²) in [5, 5.41) is 12.8. The van der Waals surface area contributed by atoms with Crippen molar-refractivity contribution in [3.63, 3.8) is 0 Å². The van der Waals surface area contributed by atoms with Crippen LogP contribution in [0.4, 0.5) is 43.9 Å². The Bertz CT molecular complexity index is 2020. The number of ether oxygens (including phenoxy) is 2. The van der Waals surface area contributed by atoms with Gasteiger partial charge in [0.25, 0.3) is 11.8 Å². The first-order valence-corrected chi connectivity index (χ1v) is 15.9. The fourth-order valence-electron chi connectivity index (χ4n) is 4.37. The number of hydrogen-bond donors (Lipinski definition) is 3. The van der Waals surface area contributed by atoms with E-state index in [0.29, 0.717) is 18.6 Å². The molecule has 0 fully saturated rings. The molecule has 2 amide bonds. The van der Waals surface area contributed by atoms with Gasteiger partial charge >= 0.3 is 25.6 Å². The zero-order chi connectivity index (χ0) is 40.7. The molecule has 22 heteroatoms. The van der Waals surface area contributed by atoms with E-state index in [2.05, 4.69) is 30.1 Å². The van der Waals surface area contributed by atoms with E-state index in [0.717, 1.165) is 24.3 Å². The van der Waals surface area contributed by atoms with Gasteiger partial charge in [0.05, 0.1) is 44.9 Å². The van der Waals surface area contributed by atoms with Gasteiger partial charge in [0.15, 0.2) is 5.78 Å². The second kappa shape index (κ2) is 18.1. The van der Waals surface area contributed by atoms with Crippen LogP contribution in [0.2, 0.25) is 10.0 Å². The van der Waals surface area contributed by atoms with Gasteiger partial charge in [-0.05, 0) is 42.8 Å². The van der Waals surface area contributed by atoms with Crippen molar-refractivity contribution in [2.24, 2.45) is 0 Å². The van der Waals surface area contributed by atoms with Crippen LogP contribution in [0.25, 0.3) is 21.8 Å². The van der Waals surface area contributed by atoms with Crippen LogP contribution in [0, 0.1) is 0 Å². The van der Waals surface area contributed by atoms with Gasteiger partial charge in [-0.3, -0.25) is 14.4 Å². The largest absolute Gasteiger partial charge is 0.435 e. The van der Waals surface area contributed by atoms with Crippen LogP contribution in [0.5, 0.6) is 11.5 Å². The summed E-state index contributed by atoms with van der Waals surface area (Å²) in [6.07, 6.45) is -10.2. The number of hydrogen-bond acceptors (Lipinski definition) is 8. The number of fused-ring (bicyclic) bond motifs is 2. The van der Waals surface area contributed by atoms with Gasteiger partial charge in [-0.25, -0.2) is 9.97 Å². The lowest BCUT2D eigenvalue weighted by molar-refractivity contribution is -0.137. The lowest BCUT2D eigenvalue weighted by Crippen LogP contribution is -2.32. The van der Waals surface area contributed by atoms with E-state index in [1.807, 2.05) is 0 Å².